The lowest BCUT2D eigenvalue weighted by Gasteiger charge is -2.57. The van der Waals surface area contributed by atoms with E-state index < -0.39 is 34.6 Å². The number of benzene rings is 4. The van der Waals surface area contributed by atoms with Gasteiger partial charge >= 0.3 is 11.9 Å². The summed E-state index contributed by atoms with van der Waals surface area (Å²) in [5.41, 5.74) is 3.08. The molecule has 34 heavy (non-hydrogen) atoms. The molecule has 4 bridgehead atoms. The summed E-state index contributed by atoms with van der Waals surface area (Å²) >= 11 is 0. The zero-order valence-electron chi connectivity index (χ0n) is 18.1. The van der Waals surface area contributed by atoms with Gasteiger partial charge in [-0.15, -0.1) is 0 Å². The van der Waals surface area contributed by atoms with E-state index in [0.717, 1.165) is 22.3 Å². The standard InChI is InChI=1S/C30H20O4/c31-27(32)29-21-13-5-1-9-17(21)25(18-10-2-6-14-22(18)29)30(28(33)34)23-15-7-3-11-19(23)26(29)20-12-4-8-16-24(20)30/h1-16,25-26H,(H,31,32)(H,33,34). The summed E-state index contributed by atoms with van der Waals surface area (Å²) in [6.07, 6.45) is 0. The van der Waals surface area contributed by atoms with Gasteiger partial charge < -0.3 is 10.2 Å². The first-order valence-electron chi connectivity index (χ1n) is 11.4. The Kier molecular flexibility index (Phi) is 3.54. The fourth-order valence-corrected chi connectivity index (χ4v) is 7.32. The van der Waals surface area contributed by atoms with E-state index in [2.05, 4.69) is 0 Å². The highest BCUT2D eigenvalue weighted by Gasteiger charge is 2.67. The number of hydrogen-bond acceptors (Lipinski definition) is 2. The van der Waals surface area contributed by atoms with Crippen LogP contribution in [0.15, 0.2) is 97.1 Å². The molecule has 4 aromatic rings. The third-order valence-corrected chi connectivity index (χ3v) is 8.33. The van der Waals surface area contributed by atoms with Crippen molar-refractivity contribution < 1.29 is 19.8 Å². The van der Waals surface area contributed by atoms with Crippen molar-refractivity contribution in [3.63, 3.8) is 0 Å². The number of carboxylic acid groups (broad SMARTS) is 2. The van der Waals surface area contributed by atoms with E-state index in [-0.39, 0.29) is 0 Å². The quantitative estimate of drug-likeness (QED) is 0.455. The monoisotopic (exact) mass is 444 g/mol. The van der Waals surface area contributed by atoms with Gasteiger partial charge in [-0.2, -0.15) is 0 Å². The molecular weight excluding hydrogens is 424 g/mol. The van der Waals surface area contributed by atoms with Gasteiger partial charge in [-0.1, -0.05) is 97.1 Å². The van der Waals surface area contributed by atoms with E-state index in [9.17, 15) is 19.8 Å². The first-order valence-corrected chi connectivity index (χ1v) is 11.4. The van der Waals surface area contributed by atoms with Crippen LogP contribution in [0.3, 0.4) is 0 Å². The Balaban J connectivity index is 1.83. The maximum Gasteiger partial charge on any atom is 0.319 e. The third kappa shape index (κ3) is 1.86. The Morgan fingerprint density at radius 1 is 0.471 bits per heavy atom. The number of rotatable bonds is 2. The fourth-order valence-electron chi connectivity index (χ4n) is 7.32. The van der Waals surface area contributed by atoms with Crippen LogP contribution in [0.2, 0.25) is 0 Å². The van der Waals surface area contributed by atoms with Gasteiger partial charge in [0.2, 0.25) is 0 Å². The molecule has 0 radical (unpaired) electrons. The summed E-state index contributed by atoms with van der Waals surface area (Å²) in [7, 11) is 0. The molecule has 0 atom stereocenters. The lowest BCUT2D eigenvalue weighted by Crippen LogP contribution is -2.58. The number of carbonyl (C=O) groups is 2. The van der Waals surface area contributed by atoms with Crippen molar-refractivity contribution in [2.45, 2.75) is 22.7 Å². The molecule has 6 aliphatic rings. The van der Waals surface area contributed by atoms with Crippen molar-refractivity contribution in [1.29, 1.82) is 0 Å². The van der Waals surface area contributed by atoms with Crippen molar-refractivity contribution in [2.75, 3.05) is 0 Å². The maximum atomic E-state index is 13.6. The second kappa shape index (κ2) is 6.23. The molecule has 0 unspecified atom stereocenters. The average Bonchev–Trinajstić information content (AvgIpc) is 2.84. The second-order valence-electron chi connectivity index (χ2n) is 9.44. The topological polar surface area (TPSA) is 74.6 Å². The normalized spacial score (nSPS) is 26.9. The summed E-state index contributed by atoms with van der Waals surface area (Å²) in [4.78, 5) is 27.3. The first-order chi connectivity index (χ1) is 16.6. The van der Waals surface area contributed by atoms with Crippen LogP contribution in [0.1, 0.15) is 56.3 Å². The molecule has 0 saturated carbocycles. The van der Waals surface area contributed by atoms with Gasteiger partial charge in [0.25, 0.3) is 0 Å². The highest BCUT2D eigenvalue weighted by atomic mass is 16.4. The molecule has 0 aliphatic heterocycles. The van der Waals surface area contributed by atoms with Crippen LogP contribution >= 0.6 is 0 Å². The van der Waals surface area contributed by atoms with Crippen LogP contribution < -0.4 is 0 Å². The largest absolute Gasteiger partial charge is 0.480 e. The van der Waals surface area contributed by atoms with Crippen molar-refractivity contribution in [3.8, 4) is 0 Å². The molecule has 0 aromatic heterocycles. The van der Waals surface area contributed by atoms with Crippen molar-refractivity contribution in [2.24, 2.45) is 0 Å². The van der Waals surface area contributed by atoms with Crippen LogP contribution in [-0.2, 0) is 20.4 Å². The minimum atomic E-state index is -1.39. The molecule has 0 saturated heterocycles. The van der Waals surface area contributed by atoms with Crippen LogP contribution in [0.4, 0.5) is 0 Å². The Morgan fingerprint density at radius 3 is 0.941 bits per heavy atom. The van der Waals surface area contributed by atoms with E-state index in [1.165, 1.54) is 0 Å². The molecule has 10 rings (SSSR count). The van der Waals surface area contributed by atoms with Gasteiger partial charge in [0, 0.05) is 11.8 Å². The third-order valence-electron chi connectivity index (χ3n) is 8.33. The zero-order valence-corrected chi connectivity index (χ0v) is 18.1. The van der Waals surface area contributed by atoms with Gasteiger partial charge in [-0.3, -0.25) is 9.59 Å². The molecule has 4 nitrogen and oxygen atoms in total. The van der Waals surface area contributed by atoms with Crippen LogP contribution in [0.5, 0.6) is 0 Å². The smallest absolute Gasteiger partial charge is 0.319 e. The van der Waals surface area contributed by atoms with E-state index in [1.807, 2.05) is 97.1 Å². The Hall–Kier alpha value is -4.18. The van der Waals surface area contributed by atoms with Gasteiger partial charge in [-0.05, 0) is 44.5 Å². The van der Waals surface area contributed by atoms with E-state index >= 15 is 0 Å². The van der Waals surface area contributed by atoms with E-state index in [4.69, 9.17) is 0 Å². The van der Waals surface area contributed by atoms with Crippen molar-refractivity contribution in [1.82, 2.24) is 0 Å². The molecule has 164 valence electrons. The number of aliphatic carboxylic acids is 2. The maximum absolute atomic E-state index is 13.6. The molecule has 0 amide bonds. The molecule has 2 N–H and O–H groups in total. The lowest BCUT2D eigenvalue weighted by molar-refractivity contribution is -0.144. The highest BCUT2D eigenvalue weighted by Crippen LogP contribution is 2.68. The summed E-state index contributed by atoms with van der Waals surface area (Å²) < 4.78 is 0. The summed E-state index contributed by atoms with van der Waals surface area (Å²) in [5.74, 6) is -3.00. The van der Waals surface area contributed by atoms with Gasteiger partial charge in [0.1, 0.15) is 10.8 Å². The van der Waals surface area contributed by atoms with Gasteiger partial charge in [-0.25, -0.2) is 0 Å². The summed E-state index contributed by atoms with van der Waals surface area (Å²) in [5, 5.41) is 22.3. The minimum Gasteiger partial charge on any atom is -0.480 e. The summed E-state index contributed by atoms with van der Waals surface area (Å²) in [6, 6.07) is 30.2. The first kappa shape index (κ1) is 19.3. The van der Waals surface area contributed by atoms with Crippen LogP contribution in [-0.4, -0.2) is 22.2 Å². The van der Waals surface area contributed by atoms with Crippen LogP contribution in [0.25, 0.3) is 0 Å². The molecule has 6 aliphatic carbocycles. The molecular formula is C30H20O4. The van der Waals surface area contributed by atoms with Crippen molar-refractivity contribution in [3.05, 3.63) is 142 Å². The van der Waals surface area contributed by atoms with Crippen molar-refractivity contribution >= 4 is 11.9 Å². The molecule has 4 heteroatoms. The zero-order chi connectivity index (χ0) is 23.2. The van der Waals surface area contributed by atoms with Crippen LogP contribution in [0, 0.1) is 0 Å². The number of hydrogen-bond donors (Lipinski definition) is 2. The Morgan fingerprint density at radius 2 is 0.706 bits per heavy atom. The predicted molar refractivity (Wildman–Crippen MR) is 126 cm³/mol. The van der Waals surface area contributed by atoms with Gasteiger partial charge in [0.15, 0.2) is 0 Å². The molecule has 4 aromatic carbocycles. The molecule has 0 spiro atoms. The Labute approximate surface area is 196 Å². The highest BCUT2D eigenvalue weighted by molar-refractivity contribution is 5.99. The Bertz CT molecular complexity index is 1340. The second-order valence-corrected chi connectivity index (χ2v) is 9.44. The summed E-state index contributed by atoms with van der Waals surface area (Å²) in [6.45, 7) is 0. The SMILES string of the molecule is O=C(O)C12c3ccccc3C(c3ccccc31)C1(C(=O)O)c3ccccc3C2c2ccccc21. The average molecular weight is 444 g/mol. The van der Waals surface area contributed by atoms with E-state index in [1.54, 1.807) is 0 Å². The van der Waals surface area contributed by atoms with E-state index in [0.29, 0.717) is 22.3 Å². The van der Waals surface area contributed by atoms with Gasteiger partial charge in [0.05, 0.1) is 0 Å². The molecule has 0 fully saturated rings. The molecule has 0 heterocycles. The lowest BCUT2D eigenvalue weighted by atomic mass is 9.42. The fraction of sp³-hybridized carbons (Fsp3) is 0.133. The predicted octanol–water partition coefficient (Wildman–Crippen LogP) is 5.03. The number of carboxylic acids is 2. The minimum absolute atomic E-state index is 0.576.